The van der Waals surface area contributed by atoms with E-state index in [1.165, 1.54) is 0 Å². The third-order valence-electron chi connectivity index (χ3n) is 3.20. The fourth-order valence-corrected chi connectivity index (χ4v) is 2.33. The highest BCUT2D eigenvalue weighted by Crippen LogP contribution is 2.25. The number of ether oxygens (including phenoxy) is 1. The summed E-state index contributed by atoms with van der Waals surface area (Å²) in [7, 11) is 0. The molecule has 3 N–H and O–H groups in total. The first kappa shape index (κ1) is 11.1. The Labute approximate surface area is 104 Å². The van der Waals surface area contributed by atoms with E-state index < -0.39 is 0 Å². The van der Waals surface area contributed by atoms with Crippen LogP contribution < -0.4 is 16.2 Å². The van der Waals surface area contributed by atoms with Crippen LogP contribution in [0.5, 0.6) is 0 Å². The molecule has 0 radical (unpaired) electrons. The average molecular weight is 245 g/mol. The Morgan fingerprint density at radius 1 is 1.22 bits per heavy atom. The van der Waals surface area contributed by atoms with Crippen LogP contribution in [0.15, 0.2) is 29.1 Å². The van der Waals surface area contributed by atoms with E-state index in [1.54, 1.807) is 12.1 Å². The van der Waals surface area contributed by atoms with Gasteiger partial charge in [-0.1, -0.05) is 0 Å². The van der Waals surface area contributed by atoms with Crippen LogP contribution in [0, 0.1) is 0 Å². The van der Waals surface area contributed by atoms with Crippen molar-refractivity contribution in [1.29, 1.82) is 0 Å². The summed E-state index contributed by atoms with van der Waals surface area (Å²) in [6.07, 6.45) is 0. The monoisotopic (exact) mass is 245 g/mol. The van der Waals surface area contributed by atoms with Crippen LogP contribution in [0.2, 0.25) is 0 Å². The fraction of sp³-hybridized carbons (Fsp3) is 0.308. The van der Waals surface area contributed by atoms with Crippen LogP contribution >= 0.6 is 0 Å². The van der Waals surface area contributed by atoms with Gasteiger partial charge in [-0.3, -0.25) is 4.79 Å². The van der Waals surface area contributed by atoms with Gasteiger partial charge < -0.3 is 20.4 Å². The maximum Gasteiger partial charge on any atom is 0.250 e. The van der Waals surface area contributed by atoms with E-state index in [4.69, 9.17) is 10.5 Å². The molecule has 0 atom stereocenters. The zero-order valence-electron chi connectivity index (χ0n) is 9.98. The number of nitrogens with one attached hydrogen (secondary N) is 1. The van der Waals surface area contributed by atoms with Gasteiger partial charge in [-0.15, -0.1) is 0 Å². The summed E-state index contributed by atoms with van der Waals surface area (Å²) in [5, 5.41) is 1.02. The number of H-pyrrole nitrogens is 1. The molecule has 2 heterocycles. The van der Waals surface area contributed by atoms with E-state index in [1.807, 2.05) is 12.1 Å². The van der Waals surface area contributed by atoms with Crippen molar-refractivity contribution in [3.63, 3.8) is 0 Å². The maximum absolute atomic E-state index is 11.7. The summed E-state index contributed by atoms with van der Waals surface area (Å²) in [5.74, 6) is 0. The number of anilines is 2. The molecule has 2 aromatic rings. The number of hydrogen-bond acceptors (Lipinski definition) is 4. The van der Waals surface area contributed by atoms with Crippen molar-refractivity contribution in [3.8, 4) is 0 Å². The molecular formula is C13H15N3O2. The van der Waals surface area contributed by atoms with Gasteiger partial charge in [-0.2, -0.15) is 0 Å². The van der Waals surface area contributed by atoms with E-state index in [0.717, 1.165) is 29.7 Å². The fourth-order valence-electron chi connectivity index (χ4n) is 2.33. The average Bonchev–Trinajstić information content (AvgIpc) is 2.38. The van der Waals surface area contributed by atoms with Crippen molar-refractivity contribution in [2.75, 3.05) is 36.9 Å². The second kappa shape index (κ2) is 4.34. The minimum Gasteiger partial charge on any atom is -0.399 e. The van der Waals surface area contributed by atoms with E-state index in [9.17, 15) is 4.79 Å². The molecule has 1 fully saturated rings. The Balaban J connectivity index is 2.17. The summed E-state index contributed by atoms with van der Waals surface area (Å²) in [6.45, 7) is 3.01. The van der Waals surface area contributed by atoms with Crippen LogP contribution in [0.1, 0.15) is 0 Å². The number of morpholine rings is 1. The molecule has 0 unspecified atom stereocenters. The Kier molecular flexibility index (Phi) is 2.68. The number of rotatable bonds is 1. The summed E-state index contributed by atoms with van der Waals surface area (Å²) in [6, 6.07) is 7.24. The second-order valence-electron chi connectivity index (χ2n) is 4.42. The third-order valence-corrected chi connectivity index (χ3v) is 3.20. The van der Waals surface area contributed by atoms with Gasteiger partial charge in [-0.25, -0.2) is 0 Å². The minimum absolute atomic E-state index is 0.102. The number of aromatic nitrogens is 1. The molecule has 1 aromatic heterocycles. The Morgan fingerprint density at radius 3 is 2.78 bits per heavy atom. The molecule has 0 bridgehead atoms. The zero-order valence-corrected chi connectivity index (χ0v) is 9.98. The summed E-state index contributed by atoms with van der Waals surface area (Å²) in [4.78, 5) is 16.7. The highest BCUT2D eigenvalue weighted by Gasteiger charge is 2.14. The van der Waals surface area contributed by atoms with E-state index in [0.29, 0.717) is 18.9 Å². The van der Waals surface area contributed by atoms with E-state index in [2.05, 4.69) is 9.88 Å². The number of pyridine rings is 1. The number of nitrogen functional groups attached to an aromatic ring is 1. The predicted octanol–water partition coefficient (Wildman–Crippen LogP) is 0.947. The van der Waals surface area contributed by atoms with Crippen molar-refractivity contribution < 1.29 is 4.74 Å². The van der Waals surface area contributed by atoms with E-state index >= 15 is 0 Å². The molecule has 1 aliphatic heterocycles. The molecule has 3 rings (SSSR count). The van der Waals surface area contributed by atoms with Gasteiger partial charge in [0.2, 0.25) is 5.56 Å². The predicted molar refractivity (Wildman–Crippen MR) is 72.0 cm³/mol. The van der Waals surface area contributed by atoms with Crippen molar-refractivity contribution in [2.24, 2.45) is 0 Å². The lowest BCUT2D eigenvalue weighted by Crippen LogP contribution is -2.36. The van der Waals surface area contributed by atoms with Gasteiger partial charge in [0.15, 0.2) is 0 Å². The van der Waals surface area contributed by atoms with Crippen LogP contribution in [-0.2, 0) is 4.74 Å². The van der Waals surface area contributed by atoms with Crippen LogP contribution in [0.25, 0.3) is 10.9 Å². The Hall–Kier alpha value is -2.01. The quantitative estimate of drug-likeness (QED) is 0.734. The van der Waals surface area contributed by atoms with Gasteiger partial charge in [0.1, 0.15) is 0 Å². The number of nitrogens with two attached hydrogens (primary N) is 1. The minimum atomic E-state index is -0.102. The SMILES string of the molecule is Nc1ccc2c(N3CCOCC3)cc(=O)[nH]c2c1. The van der Waals surface area contributed by atoms with Gasteiger partial charge in [-0.05, 0) is 18.2 Å². The van der Waals surface area contributed by atoms with Crippen molar-refractivity contribution >= 4 is 22.3 Å². The number of nitrogens with zero attached hydrogens (tertiary/aromatic N) is 1. The standard InChI is InChI=1S/C13H15N3O2/c14-9-1-2-10-11(7-9)15-13(17)8-12(10)16-3-5-18-6-4-16/h1-2,7-8H,3-6,14H2,(H,15,17). The first-order valence-electron chi connectivity index (χ1n) is 5.99. The lowest BCUT2D eigenvalue weighted by atomic mass is 10.1. The Bertz CT molecular complexity index is 630. The van der Waals surface area contributed by atoms with E-state index in [-0.39, 0.29) is 5.56 Å². The highest BCUT2D eigenvalue weighted by molar-refractivity contribution is 5.93. The van der Waals surface area contributed by atoms with Crippen molar-refractivity contribution in [3.05, 3.63) is 34.6 Å². The summed E-state index contributed by atoms with van der Waals surface area (Å²) < 4.78 is 5.34. The maximum atomic E-state index is 11.7. The summed E-state index contributed by atoms with van der Waals surface area (Å²) >= 11 is 0. The van der Waals surface area contributed by atoms with Gasteiger partial charge in [0.05, 0.1) is 24.4 Å². The zero-order chi connectivity index (χ0) is 12.5. The van der Waals surface area contributed by atoms with Crippen LogP contribution in [0.4, 0.5) is 11.4 Å². The van der Waals surface area contributed by atoms with Crippen LogP contribution in [-0.4, -0.2) is 31.3 Å². The normalized spacial score (nSPS) is 16.1. The largest absolute Gasteiger partial charge is 0.399 e. The first-order chi connectivity index (χ1) is 8.74. The summed E-state index contributed by atoms with van der Waals surface area (Å²) in [5.41, 5.74) is 8.03. The molecule has 1 aromatic carbocycles. The molecule has 0 amide bonds. The molecule has 0 aliphatic carbocycles. The lowest BCUT2D eigenvalue weighted by Gasteiger charge is -2.29. The second-order valence-corrected chi connectivity index (χ2v) is 4.42. The smallest absolute Gasteiger partial charge is 0.250 e. The molecule has 1 saturated heterocycles. The van der Waals surface area contributed by atoms with Gasteiger partial charge >= 0.3 is 0 Å². The topological polar surface area (TPSA) is 71.3 Å². The number of benzene rings is 1. The molecule has 1 aliphatic rings. The molecular weight excluding hydrogens is 230 g/mol. The van der Waals surface area contributed by atoms with Crippen LogP contribution in [0.3, 0.4) is 0 Å². The number of fused-ring (bicyclic) bond motifs is 1. The third kappa shape index (κ3) is 1.93. The number of aromatic amines is 1. The van der Waals surface area contributed by atoms with Gasteiger partial charge in [0, 0.05) is 30.2 Å². The number of hydrogen-bond donors (Lipinski definition) is 2. The molecule has 5 nitrogen and oxygen atoms in total. The molecule has 0 saturated carbocycles. The molecule has 0 spiro atoms. The Morgan fingerprint density at radius 2 is 2.00 bits per heavy atom. The van der Waals surface area contributed by atoms with Gasteiger partial charge in [0.25, 0.3) is 0 Å². The lowest BCUT2D eigenvalue weighted by molar-refractivity contribution is 0.123. The molecule has 94 valence electrons. The first-order valence-corrected chi connectivity index (χ1v) is 5.99. The highest BCUT2D eigenvalue weighted by atomic mass is 16.5. The molecule has 18 heavy (non-hydrogen) atoms. The van der Waals surface area contributed by atoms with Crippen molar-refractivity contribution in [2.45, 2.75) is 0 Å². The molecule has 5 heteroatoms. The van der Waals surface area contributed by atoms with Crippen molar-refractivity contribution in [1.82, 2.24) is 4.98 Å².